The number of hydrogen-bond donors (Lipinski definition) is 1. The minimum absolute atomic E-state index is 0.187. The summed E-state index contributed by atoms with van der Waals surface area (Å²) < 4.78 is 0. The van der Waals surface area contributed by atoms with Crippen LogP contribution in [0.4, 0.5) is 0 Å². The Morgan fingerprint density at radius 3 is 2.38 bits per heavy atom. The molecule has 0 aromatic heterocycles. The summed E-state index contributed by atoms with van der Waals surface area (Å²) in [6, 6.07) is 0.303. The second-order valence-corrected chi connectivity index (χ2v) is 4.22. The van der Waals surface area contributed by atoms with Crippen LogP contribution in [0.5, 0.6) is 0 Å². The Balaban J connectivity index is 1.96. The topological polar surface area (TPSA) is 46.3 Å². The summed E-state index contributed by atoms with van der Waals surface area (Å²) >= 11 is 0. The fourth-order valence-corrected chi connectivity index (χ4v) is 2.48. The summed E-state index contributed by atoms with van der Waals surface area (Å²) in [4.78, 5) is 13.6. The Hall–Kier alpha value is -0.570. The number of rotatable bonds is 1. The Bertz CT molecular complexity index is 199. The van der Waals surface area contributed by atoms with Gasteiger partial charge in [0.05, 0.1) is 6.04 Å². The highest BCUT2D eigenvalue weighted by atomic mass is 16.2. The summed E-state index contributed by atoms with van der Waals surface area (Å²) in [5, 5.41) is 0. The van der Waals surface area contributed by atoms with E-state index in [-0.39, 0.29) is 11.9 Å². The number of carbonyl (C=O) groups excluding carboxylic acids is 1. The smallest absolute Gasteiger partial charge is 0.239 e. The zero-order valence-electron chi connectivity index (χ0n) is 8.04. The molecule has 1 aliphatic carbocycles. The minimum atomic E-state index is -0.207. The number of hydrogen-bond acceptors (Lipinski definition) is 2. The van der Waals surface area contributed by atoms with Gasteiger partial charge in [0.2, 0.25) is 5.91 Å². The highest BCUT2D eigenvalue weighted by Crippen LogP contribution is 2.25. The average Bonchev–Trinajstić information content (AvgIpc) is 2.49. The predicted molar refractivity (Wildman–Crippen MR) is 51.2 cm³/mol. The van der Waals surface area contributed by atoms with Crippen LogP contribution in [0.25, 0.3) is 0 Å². The van der Waals surface area contributed by atoms with Gasteiger partial charge in [0.25, 0.3) is 0 Å². The molecule has 0 aromatic carbocycles. The lowest BCUT2D eigenvalue weighted by atomic mass is 9.94. The molecule has 0 spiro atoms. The quantitative estimate of drug-likeness (QED) is 0.654. The first-order chi connectivity index (χ1) is 6.29. The molecule has 2 N–H and O–H groups in total. The van der Waals surface area contributed by atoms with E-state index in [2.05, 4.69) is 0 Å². The summed E-state index contributed by atoms with van der Waals surface area (Å²) in [7, 11) is 0. The molecule has 0 bridgehead atoms. The normalized spacial score (nSPS) is 31.3. The zero-order valence-corrected chi connectivity index (χ0v) is 8.04. The van der Waals surface area contributed by atoms with Crippen LogP contribution < -0.4 is 5.73 Å². The van der Waals surface area contributed by atoms with Crippen LogP contribution in [-0.2, 0) is 4.79 Å². The van der Waals surface area contributed by atoms with Gasteiger partial charge < -0.3 is 10.6 Å². The Morgan fingerprint density at radius 1 is 1.15 bits per heavy atom. The van der Waals surface area contributed by atoms with E-state index >= 15 is 0 Å². The maximum atomic E-state index is 11.6. The molecule has 1 atom stereocenters. The largest absolute Gasteiger partial charge is 0.338 e. The first-order valence-electron chi connectivity index (χ1n) is 5.35. The molecule has 1 saturated carbocycles. The highest BCUT2D eigenvalue weighted by Gasteiger charge is 2.33. The number of nitrogens with zero attached hydrogens (tertiary/aromatic N) is 1. The molecule has 1 amide bonds. The van der Waals surface area contributed by atoms with E-state index in [0.717, 1.165) is 13.0 Å². The maximum Gasteiger partial charge on any atom is 0.239 e. The second-order valence-electron chi connectivity index (χ2n) is 4.22. The molecule has 0 unspecified atom stereocenters. The monoisotopic (exact) mass is 182 g/mol. The van der Waals surface area contributed by atoms with Crippen LogP contribution in [0, 0.1) is 0 Å². The molecule has 1 saturated heterocycles. The van der Waals surface area contributed by atoms with Gasteiger partial charge in [-0.15, -0.1) is 0 Å². The maximum absolute atomic E-state index is 11.6. The third-order valence-electron chi connectivity index (χ3n) is 3.30. The number of nitrogens with two attached hydrogens (primary N) is 1. The standard InChI is InChI=1S/C10H18N2O/c11-9-6-7-12(10(9)13)8-4-2-1-3-5-8/h8-9H,1-7,11H2/t9-/m0/s1. The Kier molecular flexibility index (Phi) is 2.54. The van der Waals surface area contributed by atoms with Crippen molar-refractivity contribution in [1.82, 2.24) is 4.90 Å². The van der Waals surface area contributed by atoms with Gasteiger partial charge in [0.1, 0.15) is 0 Å². The molecule has 3 heteroatoms. The summed E-state index contributed by atoms with van der Waals surface area (Å²) in [6.45, 7) is 0.894. The van der Waals surface area contributed by atoms with Crippen LogP contribution in [0.3, 0.4) is 0 Å². The van der Waals surface area contributed by atoms with E-state index < -0.39 is 0 Å². The zero-order chi connectivity index (χ0) is 9.26. The van der Waals surface area contributed by atoms with Crippen molar-refractivity contribution in [2.45, 2.75) is 50.6 Å². The van der Waals surface area contributed by atoms with Crippen molar-refractivity contribution >= 4 is 5.91 Å². The third-order valence-corrected chi connectivity index (χ3v) is 3.30. The Labute approximate surface area is 79.3 Å². The lowest BCUT2D eigenvalue weighted by Crippen LogP contribution is -2.41. The molecule has 74 valence electrons. The Morgan fingerprint density at radius 2 is 1.85 bits per heavy atom. The van der Waals surface area contributed by atoms with E-state index in [1.807, 2.05) is 4.90 Å². The van der Waals surface area contributed by atoms with Crippen LogP contribution >= 0.6 is 0 Å². The first-order valence-corrected chi connectivity index (χ1v) is 5.35. The van der Waals surface area contributed by atoms with Crippen molar-refractivity contribution in [2.75, 3.05) is 6.54 Å². The molecule has 0 radical (unpaired) electrons. The van der Waals surface area contributed by atoms with Gasteiger partial charge in [-0.2, -0.15) is 0 Å². The molecule has 2 rings (SSSR count). The molecule has 1 heterocycles. The molecule has 0 aromatic rings. The predicted octanol–water partition coefficient (Wildman–Crippen LogP) is 0.879. The third kappa shape index (κ3) is 1.70. The van der Waals surface area contributed by atoms with Gasteiger partial charge in [-0.1, -0.05) is 19.3 Å². The van der Waals surface area contributed by atoms with Gasteiger partial charge >= 0.3 is 0 Å². The fourth-order valence-electron chi connectivity index (χ4n) is 2.48. The number of amides is 1. The van der Waals surface area contributed by atoms with E-state index in [9.17, 15) is 4.79 Å². The van der Waals surface area contributed by atoms with Crippen LogP contribution in [0.15, 0.2) is 0 Å². The first kappa shape index (κ1) is 9.00. The van der Waals surface area contributed by atoms with Crippen molar-refractivity contribution in [1.29, 1.82) is 0 Å². The SMILES string of the molecule is N[C@H]1CCN(C2CCCCC2)C1=O. The van der Waals surface area contributed by atoms with Crippen molar-refractivity contribution in [3.8, 4) is 0 Å². The minimum Gasteiger partial charge on any atom is -0.338 e. The average molecular weight is 182 g/mol. The number of likely N-dealkylation sites (tertiary alicyclic amines) is 1. The second kappa shape index (κ2) is 3.66. The molecular weight excluding hydrogens is 164 g/mol. The lowest BCUT2D eigenvalue weighted by molar-refractivity contribution is -0.131. The summed E-state index contributed by atoms with van der Waals surface area (Å²) in [5.41, 5.74) is 5.68. The van der Waals surface area contributed by atoms with E-state index in [4.69, 9.17) is 5.73 Å². The number of carbonyl (C=O) groups is 1. The van der Waals surface area contributed by atoms with Crippen LogP contribution in [0.1, 0.15) is 38.5 Å². The molecule has 13 heavy (non-hydrogen) atoms. The lowest BCUT2D eigenvalue weighted by Gasteiger charge is -2.31. The van der Waals surface area contributed by atoms with Crippen molar-refractivity contribution in [3.05, 3.63) is 0 Å². The molecule has 3 nitrogen and oxygen atoms in total. The molecule has 1 aliphatic heterocycles. The summed E-state index contributed by atoms with van der Waals surface area (Å²) in [5.74, 6) is 0.187. The molecule has 2 fully saturated rings. The van der Waals surface area contributed by atoms with Gasteiger partial charge in [-0.05, 0) is 19.3 Å². The molecule has 2 aliphatic rings. The van der Waals surface area contributed by atoms with Gasteiger partial charge in [-0.3, -0.25) is 4.79 Å². The summed E-state index contributed by atoms with van der Waals surface area (Å²) in [6.07, 6.45) is 7.14. The van der Waals surface area contributed by atoms with Crippen molar-refractivity contribution in [2.24, 2.45) is 5.73 Å². The van der Waals surface area contributed by atoms with Crippen LogP contribution in [0.2, 0.25) is 0 Å². The van der Waals surface area contributed by atoms with Crippen molar-refractivity contribution in [3.63, 3.8) is 0 Å². The van der Waals surface area contributed by atoms with Gasteiger partial charge in [0, 0.05) is 12.6 Å². The molecular formula is C10H18N2O. The van der Waals surface area contributed by atoms with E-state index in [0.29, 0.717) is 6.04 Å². The van der Waals surface area contributed by atoms with Crippen LogP contribution in [-0.4, -0.2) is 29.4 Å². The highest BCUT2D eigenvalue weighted by molar-refractivity contribution is 5.84. The van der Waals surface area contributed by atoms with E-state index in [1.54, 1.807) is 0 Å². The van der Waals surface area contributed by atoms with Gasteiger partial charge in [-0.25, -0.2) is 0 Å². The van der Waals surface area contributed by atoms with Crippen molar-refractivity contribution < 1.29 is 4.79 Å². The van der Waals surface area contributed by atoms with Gasteiger partial charge in [0.15, 0.2) is 0 Å². The fraction of sp³-hybridized carbons (Fsp3) is 0.900. The van der Waals surface area contributed by atoms with E-state index in [1.165, 1.54) is 32.1 Å².